The van der Waals surface area contributed by atoms with Gasteiger partial charge in [0.15, 0.2) is 11.5 Å². The molecule has 0 spiro atoms. The number of rotatable bonds is 3. The van der Waals surface area contributed by atoms with Crippen molar-refractivity contribution in [2.75, 3.05) is 19.9 Å². The van der Waals surface area contributed by atoms with E-state index in [-0.39, 0.29) is 43.0 Å². The molecule has 0 saturated carbocycles. The number of likely N-dealkylation sites (tertiary alicyclic amines) is 1. The molecule has 2 aliphatic rings. The summed E-state index contributed by atoms with van der Waals surface area (Å²) < 4.78 is 10.7. The molecule has 2 atom stereocenters. The zero-order valence-corrected chi connectivity index (χ0v) is 14.7. The number of aliphatic carboxylic acids is 1. The van der Waals surface area contributed by atoms with Gasteiger partial charge in [-0.2, -0.15) is 0 Å². The third-order valence-electron chi connectivity index (χ3n) is 5.13. The molecule has 4 rings (SSSR count). The first-order valence-electron chi connectivity index (χ1n) is 8.65. The molecule has 1 amide bonds. The van der Waals surface area contributed by atoms with Crippen molar-refractivity contribution >= 4 is 11.9 Å². The molecule has 7 nitrogen and oxygen atoms in total. The molecule has 0 aromatic heterocycles. The third-order valence-corrected chi connectivity index (χ3v) is 5.13. The number of nitrogens with zero attached hydrogens (tertiary/aromatic N) is 1. The summed E-state index contributed by atoms with van der Waals surface area (Å²) in [6.45, 7) is 2.31. The van der Waals surface area contributed by atoms with Crippen LogP contribution in [0.15, 0.2) is 36.4 Å². The molecule has 2 N–H and O–H groups in total. The van der Waals surface area contributed by atoms with E-state index in [0.29, 0.717) is 11.5 Å². The summed E-state index contributed by atoms with van der Waals surface area (Å²) in [5, 5.41) is 19.7. The highest BCUT2D eigenvalue weighted by Crippen LogP contribution is 2.40. The van der Waals surface area contributed by atoms with Crippen molar-refractivity contribution in [2.24, 2.45) is 5.92 Å². The molecule has 2 heterocycles. The van der Waals surface area contributed by atoms with Gasteiger partial charge in [0.2, 0.25) is 6.79 Å². The molecule has 0 radical (unpaired) electrons. The van der Waals surface area contributed by atoms with E-state index in [1.807, 2.05) is 13.0 Å². The Labute approximate surface area is 155 Å². The van der Waals surface area contributed by atoms with E-state index in [1.165, 1.54) is 11.0 Å². The van der Waals surface area contributed by atoms with Gasteiger partial charge in [-0.1, -0.05) is 17.7 Å². The molecule has 2 aromatic carbocycles. The second-order valence-corrected chi connectivity index (χ2v) is 6.89. The highest BCUT2D eigenvalue weighted by Gasteiger charge is 2.41. The van der Waals surface area contributed by atoms with Crippen molar-refractivity contribution in [1.29, 1.82) is 0 Å². The van der Waals surface area contributed by atoms with Gasteiger partial charge in [0.25, 0.3) is 5.91 Å². The molecular weight excluding hydrogens is 350 g/mol. The van der Waals surface area contributed by atoms with Gasteiger partial charge in [-0.15, -0.1) is 0 Å². The molecule has 2 aromatic rings. The van der Waals surface area contributed by atoms with Crippen molar-refractivity contribution in [3.63, 3.8) is 0 Å². The van der Waals surface area contributed by atoms with Crippen molar-refractivity contribution in [1.82, 2.24) is 4.90 Å². The molecule has 0 aliphatic carbocycles. The zero-order valence-electron chi connectivity index (χ0n) is 14.7. The number of ether oxygens (including phenoxy) is 2. The van der Waals surface area contributed by atoms with E-state index in [1.54, 1.807) is 24.3 Å². The van der Waals surface area contributed by atoms with Gasteiger partial charge in [0, 0.05) is 19.0 Å². The van der Waals surface area contributed by atoms with Crippen LogP contribution in [0.25, 0.3) is 0 Å². The normalized spacial score (nSPS) is 20.7. The Hall–Kier alpha value is -3.22. The molecule has 7 heteroatoms. The molecular formula is C20H19NO6. The number of amides is 1. The summed E-state index contributed by atoms with van der Waals surface area (Å²) in [7, 11) is 0. The summed E-state index contributed by atoms with van der Waals surface area (Å²) in [5.74, 6) is -1.33. The lowest BCUT2D eigenvalue weighted by molar-refractivity contribution is -0.141. The Bertz CT molecular complexity index is 925. The maximum Gasteiger partial charge on any atom is 0.308 e. The SMILES string of the molecule is Cc1ccc(O)c(C(=O)N2C[C@@H](C(=O)O)[C@H](c3ccc4c(c3)OCO4)C2)c1. The van der Waals surface area contributed by atoms with Crippen LogP contribution < -0.4 is 9.47 Å². The molecule has 27 heavy (non-hydrogen) atoms. The zero-order chi connectivity index (χ0) is 19.1. The van der Waals surface area contributed by atoms with Crippen molar-refractivity contribution in [3.05, 3.63) is 53.1 Å². The van der Waals surface area contributed by atoms with Gasteiger partial charge in [-0.25, -0.2) is 0 Å². The largest absolute Gasteiger partial charge is 0.507 e. The second-order valence-electron chi connectivity index (χ2n) is 6.89. The number of benzene rings is 2. The number of hydrogen-bond donors (Lipinski definition) is 2. The highest BCUT2D eigenvalue weighted by atomic mass is 16.7. The van der Waals surface area contributed by atoms with Crippen LogP contribution in [-0.4, -0.2) is 46.9 Å². The summed E-state index contributed by atoms with van der Waals surface area (Å²) >= 11 is 0. The number of phenolic OH excluding ortho intramolecular Hbond substituents is 1. The summed E-state index contributed by atoms with van der Waals surface area (Å²) in [4.78, 5) is 26.2. The number of aromatic hydroxyl groups is 1. The van der Waals surface area contributed by atoms with Crippen LogP contribution in [-0.2, 0) is 4.79 Å². The topological polar surface area (TPSA) is 96.3 Å². The van der Waals surface area contributed by atoms with Gasteiger partial charge in [-0.3, -0.25) is 9.59 Å². The van der Waals surface area contributed by atoms with E-state index in [9.17, 15) is 19.8 Å². The summed E-state index contributed by atoms with van der Waals surface area (Å²) in [6, 6.07) is 10.1. The van der Waals surface area contributed by atoms with Crippen LogP contribution in [0.4, 0.5) is 0 Å². The fourth-order valence-electron chi connectivity index (χ4n) is 3.69. The number of carboxylic acids is 1. The average Bonchev–Trinajstić information content (AvgIpc) is 3.29. The van der Waals surface area contributed by atoms with Crippen LogP contribution in [0.5, 0.6) is 17.2 Å². The van der Waals surface area contributed by atoms with Crippen LogP contribution >= 0.6 is 0 Å². The number of phenols is 1. The molecule has 140 valence electrons. The van der Waals surface area contributed by atoms with Crippen LogP contribution in [0, 0.1) is 12.8 Å². The Balaban J connectivity index is 1.63. The lowest BCUT2D eigenvalue weighted by atomic mass is 9.89. The monoisotopic (exact) mass is 369 g/mol. The Morgan fingerprint density at radius 2 is 1.85 bits per heavy atom. The van der Waals surface area contributed by atoms with Crippen molar-refractivity contribution in [2.45, 2.75) is 12.8 Å². The van der Waals surface area contributed by atoms with Gasteiger partial charge >= 0.3 is 5.97 Å². The number of carboxylic acid groups (broad SMARTS) is 1. The second kappa shape index (κ2) is 6.50. The first kappa shape index (κ1) is 17.2. The first-order chi connectivity index (χ1) is 12.9. The Morgan fingerprint density at radius 1 is 1.07 bits per heavy atom. The molecule has 0 unspecified atom stereocenters. The number of fused-ring (bicyclic) bond motifs is 1. The summed E-state index contributed by atoms with van der Waals surface area (Å²) in [6.07, 6.45) is 0. The third kappa shape index (κ3) is 3.05. The molecule has 1 fully saturated rings. The van der Waals surface area contributed by atoms with Crippen molar-refractivity contribution in [3.8, 4) is 17.2 Å². The molecule has 2 aliphatic heterocycles. The van der Waals surface area contributed by atoms with Gasteiger partial charge < -0.3 is 24.6 Å². The minimum atomic E-state index is -0.957. The van der Waals surface area contributed by atoms with E-state index in [2.05, 4.69) is 0 Å². The highest BCUT2D eigenvalue weighted by molar-refractivity contribution is 5.97. The Morgan fingerprint density at radius 3 is 2.63 bits per heavy atom. The lowest BCUT2D eigenvalue weighted by Crippen LogP contribution is -2.30. The maximum absolute atomic E-state index is 12.9. The van der Waals surface area contributed by atoms with Crippen LogP contribution in [0.2, 0.25) is 0 Å². The fraction of sp³-hybridized carbons (Fsp3) is 0.300. The van der Waals surface area contributed by atoms with Gasteiger partial charge in [-0.05, 0) is 36.8 Å². The lowest BCUT2D eigenvalue weighted by Gasteiger charge is -2.17. The van der Waals surface area contributed by atoms with Gasteiger partial charge in [0.05, 0.1) is 11.5 Å². The molecule has 0 bridgehead atoms. The summed E-state index contributed by atoms with van der Waals surface area (Å²) in [5.41, 5.74) is 1.82. The van der Waals surface area contributed by atoms with E-state index >= 15 is 0 Å². The predicted molar refractivity (Wildman–Crippen MR) is 95.2 cm³/mol. The average molecular weight is 369 g/mol. The maximum atomic E-state index is 12.9. The number of hydrogen-bond acceptors (Lipinski definition) is 5. The quantitative estimate of drug-likeness (QED) is 0.862. The fourth-order valence-corrected chi connectivity index (χ4v) is 3.69. The number of carbonyl (C=O) groups excluding carboxylic acids is 1. The number of carbonyl (C=O) groups is 2. The van der Waals surface area contributed by atoms with E-state index in [4.69, 9.17) is 9.47 Å². The minimum absolute atomic E-state index is 0.0840. The standard InChI is InChI=1S/C20H19NO6/c1-11-2-4-16(22)13(6-11)19(23)21-8-14(15(9-21)20(24)25)12-3-5-17-18(7-12)27-10-26-17/h2-7,14-15,22H,8-10H2,1H3,(H,24,25)/t14-,15+/m0/s1. The first-order valence-corrected chi connectivity index (χ1v) is 8.65. The van der Waals surface area contributed by atoms with E-state index in [0.717, 1.165) is 11.1 Å². The molecule has 1 saturated heterocycles. The van der Waals surface area contributed by atoms with E-state index < -0.39 is 11.9 Å². The Kier molecular flexibility index (Phi) is 4.14. The van der Waals surface area contributed by atoms with Gasteiger partial charge in [0.1, 0.15) is 5.75 Å². The predicted octanol–water partition coefficient (Wildman–Crippen LogP) is 2.37. The number of aryl methyl sites for hydroxylation is 1. The van der Waals surface area contributed by atoms with Crippen molar-refractivity contribution < 1.29 is 29.3 Å². The smallest absolute Gasteiger partial charge is 0.308 e. The minimum Gasteiger partial charge on any atom is -0.507 e. The van der Waals surface area contributed by atoms with Crippen LogP contribution in [0.3, 0.4) is 0 Å². The van der Waals surface area contributed by atoms with Crippen LogP contribution in [0.1, 0.15) is 27.4 Å².